The third-order valence-electron chi connectivity index (χ3n) is 3.33. The summed E-state index contributed by atoms with van der Waals surface area (Å²) in [6.45, 7) is 5.31. The van der Waals surface area contributed by atoms with Crippen molar-refractivity contribution in [2.45, 2.75) is 51.9 Å². The van der Waals surface area contributed by atoms with Crippen LogP contribution >= 0.6 is 0 Å². The molecule has 0 radical (unpaired) electrons. The summed E-state index contributed by atoms with van der Waals surface area (Å²) in [6, 6.07) is 0.146. The Bertz CT molecular complexity index is 259. The average molecular weight is 227 g/mol. The fraction of sp³-hybridized carbons (Fsp3) is 0.917. The third kappa shape index (κ3) is 2.74. The van der Waals surface area contributed by atoms with Crippen LogP contribution in [0.2, 0.25) is 0 Å². The van der Waals surface area contributed by atoms with Gasteiger partial charge in [-0.15, -0.1) is 0 Å². The fourth-order valence-corrected chi connectivity index (χ4v) is 2.31. The molecule has 0 aromatic rings. The van der Waals surface area contributed by atoms with Crippen LogP contribution in [0.4, 0.5) is 0 Å². The molecule has 2 heterocycles. The minimum absolute atomic E-state index is 0.0608. The van der Waals surface area contributed by atoms with Gasteiger partial charge in [-0.2, -0.15) is 0 Å². The molecule has 92 valence electrons. The lowest BCUT2D eigenvalue weighted by Crippen LogP contribution is -2.33. The largest absolute Gasteiger partial charge is 0.353 e. The Hall–Kier alpha value is -0.610. The van der Waals surface area contributed by atoms with E-state index in [2.05, 4.69) is 5.32 Å². The highest BCUT2D eigenvalue weighted by Gasteiger charge is 2.39. The minimum atomic E-state index is -0.249. The molecule has 2 rings (SSSR count). The molecule has 0 aromatic heterocycles. The van der Waals surface area contributed by atoms with Gasteiger partial charge in [-0.05, 0) is 25.7 Å². The number of hydrogen-bond acceptors (Lipinski definition) is 3. The molecule has 0 bridgehead atoms. The van der Waals surface area contributed by atoms with Gasteiger partial charge in [0.2, 0.25) is 5.91 Å². The van der Waals surface area contributed by atoms with E-state index in [0.717, 1.165) is 25.9 Å². The molecule has 2 unspecified atom stereocenters. The van der Waals surface area contributed by atoms with Gasteiger partial charge in [0, 0.05) is 12.0 Å². The highest BCUT2D eigenvalue weighted by atomic mass is 16.7. The van der Waals surface area contributed by atoms with Crippen LogP contribution in [-0.4, -0.2) is 31.5 Å². The van der Waals surface area contributed by atoms with Crippen LogP contribution in [0.5, 0.6) is 0 Å². The van der Waals surface area contributed by atoms with Crippen molar-refractivity contribution in [1.82, 2.24) is 5.32 Å². The molecule has 2 fully saturated rings. The maximum absolute atomic E-state index is 11.6. The summed E-state index contributed by atoms with van der Waals surface area (Å²) in [7, 11) is 0. The number of carbonyl (C=O) groups is 1. The van der Waals surface area contributed by atoms with E-state index in [1.165, 1.54) is 6.42 Å². The number of hydrogen-bond donors (Lipinski definition) is 1. The summed E-state index contributed by atoms with van der Waals surface area (Å²) in [6.07, 6.45) is 4.07. The zero-order valence-electron chi connectivity index (χ0n) is 10.1. The Morgan fingerprint density at radius 3 is 2.88 bits per heavy atom. The lowest BCUT2D eigenvalue weighted by Gasteiger charge is -2.24. The van der Waals surface area contributed by atoms with Gasteiger partial charge in [0.25, 0.3) is 0 Å². The third-order valence-corrected chi connectivity index (χ3v) is 3.33. The van der Waals surface area contributed by atoms with Crippen LogP contribution in [0.25, 0.3) is 0 Å². The lowest BCUT2D eigenvalue weighted by atomic mass is 9.90. The van der Waals surface area contributed by atoms with E-state index < -0.39 is 0 Å². The van der Waals surface area contributed by atoms with E-state index in [4.69, 9.17) is 9.47 Å². The molecule has 2 saturated heterocycles. The van der Waals surface area contributed by atoms with Crippen molar-refractivity contribution < 1.29 is 14.3 Å². The normalized spacial score (nSPS) is 33.8. The standard InChI is InChI=1S/C12H21NO3/c1-12(2)7-9(13-11(12)14)8-16-10-5-3-4-6-15-10/h9-10H,3-8H2,1-2H3,(H,13,14). The molecule has 0 saturated carbocycles. The number of amides is 1. The predicted octanol–water partition coefficient (Wildman–Crippen LogP) is 1.44. The summed E-state index contributed by atoms with van der Waals surface area (Å²) in [4.78, 5) is 11.6. The average Bonchev–Trinajstić information content (AvgIpc) is 2.52. The topological polar surface area (TPSA) is 47.6 Å². The minimum Gasteiger partial charge on any atom is -0.353 e. The molecule has 2 aliphatic rings. The van der Waals surface area contributed by atoms with Crippen LogP contribution in [0.1, 0.15) is 39.5 Å². The number of ether oxygens (including phenoxy) is 2. The molecule has 1 N–H and O–H groups in total. The lowest BCUT2D eigenvalue weighted by molar-refractivity contribution is -0.165. The predicted molar refractivity (Wildman–Crippen MR) is 59.9 cm³/mol. The Balaban J connectivity index is 1.73. The second-order valence-corrected chi connectivity index (χ2v) is 5.39. The van der Waals surface area contributed by atoms with E-state index in [9.17, 15) is 4.79 Å². The van der Waals surface area contributed by atoms with E-state index in [0.29, 0.717) is 6.61 Å². The van der Waals surface area contributed by atoms with Gasteiger partial charge in [-0.1, -0.05) is 13.8 Å². The first-order chi connectivity index (χ1) is 7.58. The first kappa shape index (κ1) is 11.9. The van der Waals surface area contributed by atoms with Crippen molar-refractivity contribution in [1.29, 1.82) is 0 Å². The summed E-state index contributed by atoms with van der Waals surface area (Å²) in [5, 5.41) is 2.96. The second-order valence-electron chi connectivity index (χ2n) is 5.39. The van der Waals surface area contributed by atoms with E-state index in [1.54, 1.807) is 0 Å². The van der Waals surface area contributed by atoms with Crippen molar-refractivity contribution in [2.24, 2.45) is 5.41 Å². The van der Waals surface area contributed by atoms with Gasteiger partial charge < -0.3 is 14.8 Å². The number of rotatable bonds is 3. The number of carbonyl (C=O) groups excluding carboxylic acids is 1. The van der Waals surface area contributed by atoms with Crippen LogP contribution in [0.15, 0.2) is 0 Å². The SMILES string of the molecule is CC1(C)CC(COC2CCCCO2)NC1=O. The summed E-state index contributed by atoms with van der Waals surface area (Å²) in [5.41, 5.74) is -0.249. The molecule has 2 atom stereocenters. The zero-order chi connectivity index (χ0) is 11.6. The summed E-state index contributed by atoms with van der Waals surface area (Å²) < 4.78 is 11.2. The first-order valence-electron chi connectivity index (χ1n) is 6.12. The molecule has 4 nitrogen and oxygen atoms in total. The van der Waals surface area contributed by atoms with Gasteiger partial charge in [0.1, 0.15) is 0 Å². The smallest absolute Gasteiger partial charge is 0.226 e. The maximum Gasteiger partial charge on any atom is 0.226 e. The van der Waals surface area contributed by atoms with Crippen molar-refractivity contribution in [2.75, 3.05) is 13.2 Å². The molecule has 0 spiro atoms. The van der Waals surface area contributed by atoms with Crippen LogP contribution in [-0.2, 0) is 14.3 Å². The quantitative estimate of drug-likeness (QED) is 0.793. The summed E-state index contributed by atoms with van der Waals surface area (Å²) >= 11 is 0. The van der Waals surface area contributed by atoms with Crippen LogP contribution in [0.3, 0.4) is 0 Å². The van der Waals surface area contributed by atoms with Crippen molar-refractivity contribution in [3.8, 4) is 0 Å². The number of nitrogens with one attached hydrogen (secondary N) is 1. The van der Waals surface area contributed by atoms with Gasteiger partial charge in [0.15, 0.2) is 6.29 Å². The van der Waals surface area contributed by atoms with Crippen LogP contribution < -0.4 is 5.32 Å². The van der Waals surface area contributed by atoms with E-state index in [1.807, 2.05) is 13.8 Å². The van der Waals surface area contributed by atoms with Crippen molar-refractivity contribution in [3.63, 3.8) is 0 Å². The Kier molecular flexibility index (Phi) is 3.50. The van der Waals surface area contributed by atoms with Crippen molar-refractivity contribution in [3.05, 3.63) is 0 Å². The Morgan fingerprint density at radius 1 is 1.50 bits per heavy atom. The van der Waals surface area contributed by atoms with E-state index in [-0.39, 0.29) is 23.7 Å². The highest BCUT2D eigenvalue weighted by Crippen LogP contribution is 2.29. The van der Waals surface area contributed by atoms with Gasteiger partial charge in [-0.3, -0.25) is 4.79 Å². The molecule has 16 heavy (non-hydrogen) atoms. The van der Waals surface area contributed by atoms with Gasteiger partial charge >= 0.3 is 0 Å². The maximum atomic E-state index is 11.6. The Labute approximate surface area is 96.7 Å². The molecule has 1 amide bonds. The van der Waals surface area contributed by atoms with Crippen molar-refractivity contribution >= 4 is 5.91 Å². The molecule has 0 aliphatic carbocycles. The van der Waals surface area contributed by atoms with Gasteiger partial charge in [0.05, 0.1) is 12.6 Å². The zero-order valence-corrected chi connectivity index (χ0v) is 10.1. The highest BCUT2D eigenvalue weighted by molar-refractivity contribution is 5.84. The molecule has 4 heteroatoms. The molecular formula is C12H21NO3. The molecule has 2 aliphatic heterocycles. The monoisotopic (exact) mass is 227 g/mol. The summed E-state index contributed by atoms with van der Waals surface area (Å²) in [5.74, 6) is 0.130. The van der Waals surface area contributed by atoms with Gasteiger partial charge in [-0.25, -0.2) is 0 Å². The second kappa shape index (κ2) is 4.72. The molecular weight excluding hydrogens is 206 g/mol. The Morgan fingerprint density at radius 2 is 2.31 bits per heavy atom. The van der Waals surface area contributed by atoms with Crippen LogP contribution in [0, 0.1) is 5.41 Å². The fourth-order valence-electron chi connectivity index (χ4n) is 2.31. The first-order valence-corrected chi connectivity index (χ1v) is 6.12. The van der Waals surface area contributed by atoms with E-state index >= 15 is 0 Å². The molecule has 0 aromatic carbocycles.